The van der Waals surface area contributed by atoms with E-state index >= 15 is 0 Å². The summed E-state index contributed by atoms with van der Waals surface area (Å²) in [4.78, 5) is 0. The first-order valence-corrected chi connectivity index (χ1v) is 5.02. The van der Waals surface area contributed by atoms with Gasteiger partial charge >= 0.3 is 0 Å². The SMILES string of the molecule is C#CC(C)Nc1cc(Br)c(F)cc1C. The lowest BCUT2D eigenvalue weighted by molar-refractivity contribution is 0.620. The Morgan fingerprint density at radius 3 is 2.79 bits per heavy atom. The summed E-state index contributed by atoms with van der Waals surface area (Å²) in [6.07, 6.45) is 5.24. The summed E-state index contributed by atoms with van der Waals surface area (Å²) in [5.41, 5.74) is 1.69. The summed E-state index contributed by atoms with van der Waals surface area (Å²) in [6.45, 7) is 3.71. The summed E-state index contributed by atoms with van der Waals surface area (Å²) < 4.78 is 13.5. The topological polar surface area (TPSA) is 12.0 Å². The van der Waals surface area contributed by atoms with Gasteiger partial charge in [-0.15, -0.1) is 6.42 Å². The van der Waals surface area contributed by atoms with Gasteiger partial charge in [0.15, 0.2) is 0 Å². The highest BCUT2D eigenvalue weighted by atomic mass is 79.9. The molecule has 0 aromatic heterocycles. The molecule has 0 bridgehead atoms. The molecule has 1 aromatic rings. The highest BCUT2D eigenvalue weighted by Crippen LogP contribution is 2.24. The quantitative estimate of drug-likeness (QED) is 0.800. The Morgan fingerprint density at radius 2 is 2.21 bits per heavy atom. The Bertz CT molecular complexity index is 382. The van der Waals surface area contributed by atoms with Crippen LogP contribution in [0, 0.1) is 25.1 Å². The van der Waals surface area contributed by atoms with Gasteiger partial charge in [0.2, 0.25) is 0 Å². The van der Waals surface area contributed by atoms with Crippen molar-refractivity contribution in [3.63, 3.8) is 0 Å². The van der Waals surface area contributed by atoms with E-state index in [2.05, 4.69) is 27.2 Å². The molecular weight excluding hydrogens is 245 g/mol. The van der Waals surface area contributed by atoms with Crippen molar-refractivity contribution in [3.8, 4) is 12.3 Å². The predicted molar refractivity (Wildman–Crippen MR) is 60.8 cm³/mol. The fourth-order valence-electron chi connectivity index (χ4n) is 1.08. The molecule has 1 rings (SSSR count). The molecule has 1 unspecified atom stereocenters. The molecule has 0 spiro atoms. The molecule has 1 nitrogen and oxygen atoms in total. The Kier molecular flexibility index (Phi) is 3.54. The molecule has 1 aromatic carbocycles. The minimum absolute atomic E-state index is 0.0638. The zero-order valence-electron chi connectivity index (χ0n) is 8.07. The first-order chi connectivity index (χ1) is 6.54. The van der Waals surface area contributed by atoms with Gasteiger partial charge in [0.1, 0.15) is 5.82 Å². The van der Waals surface area contributed by atoms with Gasteiger partial charge in [-0.05, 0) is 47.5 Å². The van der Waals surface area contributed by atoms with E-state index in [-0.39, 0.29) is 11.9 Å². The number of benzene rings is 1. The Morgan fingerprint density at radius 1 is 1.57 bits per heavy atom. The van der Waals surface area contributed by atoms with E-state index in [0.29, 0.717) is 4.47 Å². The molecule has 0 saturated heterocycles. The number of hydrogen-bond donors (Lipinski definition) is 1. The molecule has 0 radical (unpaired) electrons. The lowest BCUT2D eigenvalue weighted by Crippen LogP contribution is -2.13. The standard InChI is InChI=1S/C11H11BrFN/c1-4-8(3)14-11-6-9(12)10(13)5-7(11)2/h1,5-6,8,14H,2-3H3. The molecule has 1 atom stereocenters. The summed E-state index contributed by atoms with van der Waals surface area (Å²) in [5, 5.41) is 3.10. The van der Waals surface area contributed by atoms with Crippen molar-refractivity contribution in [3.05, 3.63) is 28.0 Å². The number of hydrogen-bond acceptors (Lipinski definition) is 1. The highest BCUT2D eigenvalue weighted by molar-refractivity contribution is 9.10. The number of anilines is 1. The van der Waals surface area contributed by atoms with Crippen LogP contribution in [0.15, 0.2) is 16.6 Å². The maximum absolute atomic E-state index is 13.1. The summed E-state index contributed by atoms with van der Waals surface area (Å²) in [7, 11) is 0. The minimum atomic E-state index is -0.263. The molecule has 0 heterocycles. The van der Waals surface area contributed by atoms with Crippen LogP contribution in [0.5, 0.6) is 0 Å². The molecule has 1 N–H and O–H groups in total. The van der Waals surface area contributed by atoms with Crippen LogP contribution in [-0.4, -0.2) is 6.04 Å². The van der Waals surface area contributed by atoms with Crippen LogP contribution in [0.4, 0.5) is 10.1 Å². The second kappa shape index (κ2) is 4.47. The second-order valence-corrected chi connectivity index (χ2v) is 3.97. The number of aryl methyl sites for hydroxylation is 1. The Balaban J connectivity index is 2.99. The first-order valence-electron chi connectivity index (χ1n) is 4.23. The summed E-state index contributed by atoms with van der Waals surface area (Å²) >= 11 is 3.13. The first kappa shape index (κ1) is 11.1. The number of terminal acetylenes is 1. The van der Waals surface area contributed by atoms with Gasteiger partial charge < -0.3 is 5.32 Å². The zero-order chi connectivity index (χ0) is 10.7. The highest BCUT2D eigenvalue weighted by Gasteiger charge is 2.06. The van der Waals surface area contributed by atoms with E-state index in [4.69, 9.17) is 6.42 Å². The Labute approximate surface area is 91.8 Å². The monoisotopic (exact) mass is 255 g/mol. The van der Waals surface area contributed by atoms with Crippen LogP contribution in [-0.2, 0) is 0 Å². The van der Waals surface area contributed by atoms with E-state index in [0.717, 1.165) is 11.3 Å². The molecule has 14 heavy (non-hydrogen) atoms. The lowest BCUT2D eigenvalue weighted by Gasteiger charge is -2.12. The third-order valence-electron chi connectivity index (χ3n) is 1.89. The van der Waals surface area contributed by atoms with Crippen LogP contribution in [0.25, 0.3) is 0 Å². The van der Waals surface area contributed by atoms with Gasteiger partial charge in [-0.2, -0.15) is 0 Å². The fourth-order valence-corrected chi connectivity index (χ4v) is 1.42. The van der Waals surface area contributed by atoms with E-state index in [9.17, 15) is 4.39 Å². The van der Waals surface area contributed by atoms with Crippen molar-refractivity contribution in [1.29, 1.82) is 0 Å². The van der Waals surface area contributed by atoms with Crippen molar-refractivity contribution >= 4 is 21.6 Å². The molecule has 74 valence electrons. The smallest absolute Gasteiger partial charge is 0.137 e. The van der Waals surface area contributed by atoms with Crippen molar-refractivity contribution < 1.29 is 4.39 Å². The van der Waals surface area contributed by atoms with Crippen LogP contribution >= 0.6 is 15.9 Å². The van der Waals surface area contributed by atoms with Gasteiger partial charge in [0, 0.05) is 5.69 Å². The molecule has 0 aliphatic heterocycles. The molecule has 0 fully saturated rings. The molecule has 0 aliphatic carbocycles. The van der Waals surface area contributed by atoms with Crippen molar-refractivity contribution in [2.45, 2.75) is 19.9 Å². The largest absolute Gasteiger partial charge is 0.372 e. The van der Waals surface area contributed by atoms with Gasteiger partial charge in [0.05, 0.1) is 10.5 Å². The molecule has 0 aliphatic rings. The number of nitrogens with one attached hydrogen (secondary N) is 1. The van der Waals surface area contributed by atoms with Gasteiger partial charge in [-0.1, -0.05) is 5.92 Å². The molecule has 3 heteroatoms. The molecular formula is C11H11BrFN. The normalized spacial score (nSPS) is 11.9. The van der Waals surface area contributed by atoms with Crippen molar-refractivity contribution in [1.82, 2.24) is 0 Å². The van der Waals surface area contributed by atoms with Crippen molar-refractivity contribution in [2.24, 2.45) is 0 Å². The number of rotatable bonds is 2. The predicted octanol–water partition coefficient (Wildman–Crippen LogP) is 3.33. The fraction of sp³-hybridized carbons (Fsp3) is 0.273. The van der Waals surface area contributed by atoms with E-state index in [1.54, 1.807) is 6.07 Å². The van der Waals surface area contributed by atoms with Gasteiger partial charge in [-0.25, -0.2) is 4.39 Å². The average molecular weight is 256 g/mol. The Hall–Kier alpha value is -1.01. The second-order valence-electron chi connectivity index (χ2n) is 3.11. The van der Waals surface area contributed by atoms with Gasteiger partial charge in [0.25, 0.3) is 0 Å². The van der Waals surface area contributed by atoms with Crippen LogP contribution in [0.2, 0.25) is 0 Å². The van der Waals surface area contributed by atoms with Crippen LogP contribution in [0.3, 0.4) is 0 Å². The summed E-state index contributed by atoms with van der Waals surface area (Å²) in [5.74, 6) is 2.29. The van der Waals surface area contributed by atoms with Gasteiger partial charge in [-0.3, -0.25) is 0 Å². The van der Waals surface area contributed by atoms with Crippen LogP contribution < -0.4 is 5.32 Å². The van der Waals surface area contributed by atoms with E-state index in [1.165, 1.54) is 6.07 Å². The third kappa shape index (κ3) is 2.49. The molecule has 0 saturated carbocycles. The van der Waals surface area contributed by atoms with Crippen LogP contribution in [0.1, 0.15) is 12.5 Å². The average Bonchev–Trinajstić information content (AvgIpc) is 2.14. The maximum atomic E-state index is 13.1. The maximum Gasteiger partial charge on any atom is 0.137 e. The third-order valence-corrected chi connectivity index (χ3v) is 2.50. The van der Waals surface area contributed by atoms with E-state index < -0.39 is 0 Å². The zero-order valence-corrected chi connectivity index (χ0v) is 9.65. The van der Waals surface area contributed by atoms with Crippen molar-refractivity contribution in [2.75, 3.05) is 5.32 Å². The molecule has 0 amide bonds. The minimum Gasteiger partial charge on any atom is -0.372 e. The number of halogens is 2. The summed E-state index contributed by atoms with van der Waals surface area (Å²) in [6, 6.07) is 3.10. The van der Waals surface area contributed by atoms with E-state index in [1.807, 2.05) is 13.8 Å². The lowest BCUT2D eigenvalue weighted by atomic mass is 10.2.